The van der Waals surface area contributed by atoms with E-state index in [1.54, 1.807) is 63.4 Å². The summed E-state index contributed by atoms with van der Waals surface area (Å²) >= 11 is 0. The number of oxazole rings is 1. The van der Waals surface area contributed by atoms with Crippen LogP contribution in [0.15, 0.2) is 70.1 Å². The predicted molar refractivity (Wildman–Crippen MR) is 149 cm³/mol. The molecule has 7 nitrogen and oxygen atoms in total. The highest BCUT2D eigenvalue weighted by Crippen LogP contribution is 2.35. The van der Waals surface area contributed by atoms with E-state index in [0.29, 0.717) is 22.6 Å². The Kier molecular flexibility index (Phi) is 8.36. The van der Waals surface area contributed by atoms with Gasteiger partial charge in [-0.3, -0.25) is 14.6 Å². The number of halogens is 4. The van der Waals surface area contributed by atoms with E-state index in [2.05, 4.69) is 20.6 Å². The van der Waals surface area contributed by atoms with E-state index in [-0.39, 0.29) is 23.0 Å². The lowest BCUT2D eigenvalue weighted by Crippen LogP contribution is -2.14. The fourth-order valence-electron chi connectivity index (χ4n) is 3.95. The second-order valence-corrected chi connectivity index (χ2v) is 9.45. The summed E-state index contributed by atoms with van der Waals surface area (Å²) in [5.74, 6) is -3.93. The zero-order valence-corrected chi connectivity index (χ0v) is 22.6. The molecule has 0 bridgehead atoms. The van der Waals surface area contributed by atoms with Gasteiger partial charge in [-0.1, -0.05) is 19.9 Å². The molecule has 11 heteroatoms. The van der Waals surface area contributed by atoms with Gasteiger partial charge in [-0.25, -0.2) is 4.39 Å². The molecule has 0 fully saturated rings. The number of carbonyl (C=O) groups excluding carboxylic acids is 2. The van der Waals surface area contributed by atoms with E-state index in [1.807, 2.05) is 6.92 Å². The number of rotatable bonds is 8. The van der Waals surface area contributed by atoms with Crippen LogP contribution in [0.5, 0.6) is 0 Å². The Morgan fingerprint density at radius 1 is 1.00 bits per heavy atom. The van der Waals surface area contributed by atoms with E-state index in [4.69, 9.17) is 4.42 Å². The molecule has 0 unspecified atom stereocenters. The van der Waals surface area contributed by atoms with Crippen LogP contribution in [0, 0.1) is 18.7 Å². The SMILES string of the molecule is CC=Nc1ccc(Nc2cc(NC(=O)c3nc(C(F)(F)F)oc3-c3ccc(F)cc3)ccc2C)cc1C(=O)C(C)C. The maximum Gasteiger partial charge on any atom is 0.468 e. The Labute approximate surface area is 233 Å². The quantitative estimate of drug-likeness (QED) is 0.127. The number of anilines is 3. The van der Waals surface area contributed by atoms with Crippen molar-refractivity contribution in [2.24, 2.45) is 10.9 Å². The summed E-state index contributed by atoms with van der Waals surface area (Å²) < 4.78 is 58.4. The molecule has 0 radical (unpaired) electrons. The number of amides is 1. The van der Waals surface area contributed by atoms with Gasteiger partial charge in [-0.05, 0) is 74.0 Å². The number of aliphatic imine (C=N–C) groups is 1. The average molecular weight is 567 g/mol. The summed E-state index contributed by atoms with van der Waals surface area (Å²) in [5.41, 5.74) is 2.66. The highest BCUT2D eigenvalue weighted by Gasteiger charge is 2.40. The van der Waals surface area contributed by atoms with Gasteiger partial charge in [0.15, 0.2) is 17.2 Å². The number of aromatic nitrogens is 1. The van der Waals surface area contributed by atoms with Crippen molar-refractivity contribution in [3.63, 3.8) is 0 Å². The van der Waals surface area contributed by atoms with Crippen molar-refractivity contribution < 1.29 is 31.6 Å². The number of nitrogens with zero attached hydrogens (tertiary/aromatic N) is 2. The van der Waals surface area contributed by atoms with Crippen molar-refractivity contribution in [1.82, 2.24) is 4.98 Å². The Morgan fingerprint density at radius 3 is 2.32 bits per heavy atom. The molecule has 0 aliphatic heterocycles. The number of ketones is 1. The number of benzene rings is 3. The fourth-order valence-corrected chi connectivity index (χ4v) is 3.95. The van der Waals surface area contributed by atoms with Crippen molar-refractivity contribution in [2.75, 3.05) is 10.6 Å². The third kappa shape index (κ3) is 6.68. The Bertz CT molecular complexity index is 1620. The number of hydrogen-bond donors (Lipinski definition) is 2. The van der Waals surface area contributed by atoms with E-state index in [1.165, 1.54) is 12.1 Å². The lowest BCUT2D eigenvalue weighted by molar-refractivity contribution is -0.156. The van der Waals surface area contributed by atoms with Crippen LogP contribution >= 0.6 is 0 Å². The van der Waals surface area contributed by atoms with Gasteiger partial charge < -0.3 is 15.1 Å². The van der Waals surface area contributed by atoms with Crippen LogP contribution in [0.1, 0.15) is 53.1 Å². The normalized spacial score (nSPS) is 11.7. The molecule has 0 saturated heterocycles. The molecule has 0 saturated carbocycles. The highest BCUT2D eigenvalue weighted by atomic mass is 19.4. The van der Waals surface area contributed by atoms with Crippen LogP contribution in [-0.2, 0) is 6.18 Å². The molecule has 1 amide bonds. The molecular formula is C30H26F4N4O3. The van der Waals surface area contributed by atoms with Crippen molar-refractivity contribution in [1.29, 1.82) is 0 Å². The van der Waals surface area contributed by atoms with Gasteiger partial charge in [0.2, 0.25) is 0 Å². The van der Waals surface area contributed by atoms with Gasteiger partial charge in [0.1, 0.15) is 5.82 Å². The van der Waals surface area contributed by atoms with Crippen LogP contribution in [0.4, 0.5) is 40.3 Å². The van der Waals surface area contributed by atoms with Crippen LogP contribution in [0.3, 0.4) is 0 Å². The van der Waals surface area contributed by atoms with Crippen molar-refractivity contribution in [3.05, 3.63) is 89.2 Å². The standard InChI is InChI=1S/C30H26F4N4O3/c1-5-35-23-13-12-20(14-22(23)26(39)16(2)3)36-24-15-21(11-6-17(24)4)37-28(40)25-27(18-7-9-19(31)10-8-18)41-29(38-25)30(32,33)34/h5-16,36H,1-4H3,(H,37,40). The molecule has 3 aromatic carbocycles. The minimum Gasteiger partial charge on any atom is -0.432 e. The van der Waals surface area contributed by atoms with Crippen LogP contribution in [0.25, 0.3) is 11.3 Å². The van der Waals surface area contributed by atoms with Gasteiger partial charge in [0.05, 0.1) is 5.69 Å². The van der Waals surface area contributed by atoms with Crippen molar-refractivity contribution in [3.8, 4) is 11.3 Å². The van der Waals surface area contributed by atoms with Crippen molar-refractivity contribution in [2.45, 2.75) is 33.9 Å². The third-order valence-electron chi connectivity index (χ3n) is 6.02. The van der Waals surface area contributed by atoms with Gasteiger partial charge in [0.25, 0.3) is 5.91 Å². The van der Waals surface area contributed by atoms with E-state index < -0.39 is 35.2 Å². The first-order valence-electron chi connectivity index (χ1n) is 12.6. The topological polar surface area (TPSA) is 96.6 Å². The summed E-state index contributed by atoms with van der Waals surface area (Å²) in [6.45, 7) is 7.17. The van der Waals surface area contributed by atoms with E-state index >= 15 is 0 Å². The third-order valence-corrected chi connectivity index (χ3v) is 6.02. The minimum atomic E-state index is -4.94. The fraction of sp³-hybridized carbons (Fsp3) is 0.200. The summed E-state index contributed by atoms with van der Waals surface area (Å²) in [7, 11) is 0. The summed E-state index contributed by atoms with van der Waals surface area (Å²) in [6, 6.07) is 14.5. The average Bonchev–Trinajstić information content (AvgIpc) is 3.38. The summed E-state index contributed by atoms with van der Waals surface area (Å²) in [4.78, 5) is 33.6. The molecule has 4 aromatic rings. The van der Waals surface area contributed by atoms with Crippen LogP contribution < -0.4 is 10.6 Å². The molecule has 1 aromatic heterocycles. The molecule has 4 rings (SSSR count). The zero-order valence-electron chi connectivity index (χ0n) is 22.6. The molecule has 0 atom stereocenters. The van der Waals surface area contributed by atoms with E-state index in [9.17, 15) is 27.2 Å². The number of alkyl halides is 3. The molecular weight excluding hydrogens is 540 g/mol. The van der Waals surface area contributed by atoms with Crippen molar-refractivity contribution >= 4 is 40.7 Å². The van der Waals surface area contributed by atoms with Gasteiger partial charge in [0, 0.05) is 40.3 Å². The summed E-state index contributed by atoms with van der Waals surface area (Å²) in [6.07, 6.45) is -3.34. The zero-order chi connectivity index (χ0) is 29.9. The first-order chi connectivity index (χ1) is 19.4. The molecule has 0 aliphatic rings. The number of Topliss-reactive ketones (excluding diaryl/α,β-unsaturated/α-hetero) is 1. The predicted octanol–water partition coefficient (Wildman–Crippen LogP) is 8.36. The van der Waals surface area contributed by atoms with Crippen LogP contribution in [0.2, 0.25) is 0 Å². The molecule has 0 aliphatic carbocycles. The number of carbonyl (C=O) groups is 2. The highest BCUT2D eigenvalue weighted by molar-refractivity contribution is 6.07. The Balaban J connectivity index is 1.64. The largest absolute Gasteiger partial charge is 0.468 e. The maximum absolute atomic E-state index is 13.4. The number of nitrogens with one attached hydrogen (secondary N) is 2. The van der Waals surface area contributed by atoms with Gasteiger partial charge in [-0.2, -0.15) is 18.2 Å². The van der Waals surface area contributed by atoms with Crippen LogP contribution in [-0.4, -0.2) is 22.9 Å². The molecule has 0 spiro atoms. The number of hydrogen-bond acceptors (Lipinski definition) is 6. The molecule has 2 N–H and O–H groups in total. The molecule has 41 heavy (non-hydrogen) atoms. The first kappa shape index (κ1) is 29.2. The lowest BCUT2D eigenvalue weighted by atomic mass is 9.99. The smallest absolute Gasteiger partial charge is 0.432 e. The lowest BCUT2D eigenvalue weighted by Gasteiger charge is -2.15. The maximum atomic E-state index is 13.4. The Hall–Kier alpha value is -4.80. The van der Waals surface area contributed by atoms with E-state index in [0.717, 1.165) is 17.7 Å². The van der Waals surface area contributed by atoms with Gasteiger partial charge >= 0.3 is 12.1 Å². The number of aryl methyl sites for hydroxylation is 1. The monoisotopic (exact) mass is 566 g/mol. The second kappa shape index (κ2) is 11.7. The molecule has 212 valence electrons. The minimum absolute atomic E-state index is 0.0495. The summed E-state index contributed by atoms with van der Waals surface area (Å²) in [5, 5.41) is 5.77. The second-order valence-electron chi connectivity index (χ2n) is 9.45. The van der Waals surface area contributed by atoms with Gasteiger partial charge in [-0.15, -0.1) is 0 Å². The Morgan fingerprint density at radius 2 is 1.68 bits per heavy atom. The first-order valence-corrected chi connectivity index (χ1v) is 12.6. The molecule has 1 heterocycles.